The second-order valence-corrected chi connectivity index (χ2v) is 10.3. The van der Waals surface area contributed by atoms with Gasteiger partial charge in [0.2, 0.25) is 0 Å². The van der Waals surface area contributed by atoms with Gasteiger partial charge in [-0.2, -0.15) is 0 Å². The maximum absolute atomic E-state index is 14.0. The molecule has 3 rings (SSSR count). The third-order valence-corrected chi connectivity index (χ3v) is 6.62. The molecule has 0 aliphatic carbocycles. The predicted molar refractivity (Wildman–Crippen MR) is 144 cm³/mol. The number of aryl methyl sites for hydroxylation is 1. The molecular formula is C28H30F2INO4. The van der Waals surface area contributed by atoms with Gasteiger partial charge in [-0.1, -0.05) is 27.7 Å². The van der Waals surface area contributed by atoms with E-state index in [1.807, 2.05) is 57.2 Å². The minimum Gasteiger partial charge on any atom is -0.481 e. The van der Waals surface area contributed by atoms with E-state index in [2.05, 4.69) is 4.98 Å². The Balaban J connectivity index is 0.000000269. The Kier molecular flexibility index (Phi) is 10.5. The van der Waals surface area contributed by atoms with E-state index in [9.17, 15) is 23.5 Å². The summed E-state index contributed by atoms with van der Waals surface area (Å²) in [5, 5.41) is 17.9. The van der Waals surface area contributed by atoms with Gasteiger partial charge in [0, 0.05) is 16.0 Å². The molecule has 0 spiro atoms. The van der Waals surface area contributed by atoms with Crippen LogP contribution in [0.25, 0.3) is 11.1 Å². The first kappa shape index (κ1) is 29.4. The molecule has 0 atom stereocenters. The van der Waals surface area contributed by atoms with Crippen LogP contribution in [-0.2, 0) is 22.4 Å². The summed E-state index contributed by atoms with van der Waals surface area (Å²) in [6.07, 6.45) is 3.16. The quantitative estimate of drug-likeness (QED) is 0.279. The van der Waals surface area contributed by atoms with Crippen LogP contribution in [0.5, 0.6) is 0 Å². The second-order valence-electron chi connectivity index (χ2n) is 9.12. The molecule has 192 valence electrons. The summed E-state index contributed by atoms with van der Waals surface area (Å²) in [7, 11) is 0. The molecule has 0 aliphatic rings. The zero-order valence-electron chi connectivity index (χ0n) is 20.9. The van der Waals surface area contributed by atoms with Crippen molar-refractivity contribution in [1.82, 2.24) is 4.98 Å². The van der Waals surface area contributed by atoms with Gasteiger partial charge in [0.1, 0.15) is 11.6 Å². The molecule has 0 saturated heterocycles. The van der Waals surface area contributed by atoms with E-state index in [1.165, 1.54) is 24.3 Å². The first-order chi connectivity index (χ1) is 16.8. The maximum Gasteiger partial charge on any atom is 0.307 e. The number of carboxylic acid groups (broad SMARTS) is 2. The highest BCUT2D eigenvalue weighted by Gasteiger charge is 2.18. The van der Waals surface area contributed by atoms with Crippen molar-refractivity contribution in [3.05, 3.63) is 85.7 Å². The van der Waals surface area contributed by atoms with Crippen molar-refractivity contribution in [3.63, 3.8) is 0 Å². The molecule has 0 unspecified atom stereocenters. The number of aromatic nitrogens is 1. The molecule has 0 fully saturated rings. The Labute approximate surface area is 223 Å². The number of halogens is 3. The SMILES string of the molecule is CC(C)c1cc(F)cc(I)c1CC(=O)O.Cc1cnccc1-c1cc(F)cc(C(C)C)c1CC(=O)O. The van der Waals surface area contributed by atoms with Gasteiger partial charge in [0.25, 0.3) is 0 Å². The summed E-state index contributed by atoms with van der Waals surface area (Å²) in [5.74, 6) is -2.28. The summed E-state index contributed by atoms with van der Waals surface area (Å²) < 4.78 is 27.8. The van der Waals surface area contributed by atoms with Crippen LogP contribution in [0, 0.1) is 22.1 Å². The Morgan fingerprint density at radius 3 is 1.86 bits per heavy atom. The number of pyridine rings is 1. The van der Waals surface area contributed by atoms with Gasteiger partial charge in [-0.05, 0) is 111 Å². The molecule has 2 N–H and O–H groups in total. The average molecular weight is 609 g/mol. The van der Waals surface area contributed by atoms with E-state index in [1.54, 1.807) is 18.5 Å². The zero-order valence-corrected chi connectivity index (χ0v) is 23.1. The van der Waals surface area contributed by atoms with Crippen molar-refractivity contribution < 1.29 is 28.6 Å². The normalized spacial score (nSPS) is 10.8. The van der Waals surface area contributed by atoms with Crippen molar-refractivity contribution in [3.8, 4) is 11.1 Å². The molecule has 0 amide bonds. The summed E-state index contributed by atoms with van der Waals surface area (Å²) in [4.78, 5) is 25.9. The Morgan fingerprint density at radius 2 is 1.36 bits per heavy atom. The third kappa shape index (κ3) is 7.81. The van der Waals surface area contributed by atoms with Crippen LogP contribution in [0.3, 0.4) is 0 Å². The number of rotatable bonds is 7. The van der Waals surface area contributed by atoms with Gasteiger partial charge in [-0.15, -0.1) is 0 Å². The first-order valence-corrected chi connectivity index (χ1v) is 12.5. The van der Waals surface area contributed by atoms with Crippen LogP contribution in [0.2, 0.25) is 0 Å². The first-order valence-electron chi connectivity index (χ1n) is 11.5. The summed E-state index contributed by atoms with van der Waals surface area (Å²) in [6.45, 7) is 9.60. The molecule has 8 heteroatoms. The van der Waals surface area contributed by atoms with Crippen molar-refractivity contribution in [1.29, 1.82) is 0 Å². The van der Waals surface area contributed by atoms with E-state index in [-0.39, 0.29) is 36.3 Å². The molecule has 36 heavy (non-hydrogen) atoms. The lowest BCUT2D eigenvalue weighted by Gasteiger charge is -2.18. The monoisotopic (exact) mass is 609 g/mol. The predicted octanol–water partition coefficient (Wildman–Crippen LogP) is 7.13. The standard InChI is InChI=1S/C17H18FNO2.C11H12FIO2/c1-10(2)14-6-12(18)7-15(16(14)8-17(20)21)13-4-5-19-9-11(13)3;1-6(2)8-3-7(12)4-10(13)9(8)5-11(14)15/h4-7,9-10H,8H2,1-3H3,(H,20,21);3-4,6H,5H2,1-2H3,(H,14,15). The molecule has 0 bridgehead atoms. The van der Waals surface area contributed by atoms with Crippen LogP contribution in [-0.4, -0.2) is 27.1 Å². The smallest absolute Gasteiger partial charge is 0.307 e. The highest BCUT2D eigenvalue weighted by molar-refractivity contribution is 14.1. The Bertz CT molecular complexity index is 1260. The zero-order chi connectivity index (χ0) is 27.2. The van der Waals surface area contributed by atoms with Crippen molar-refractivity contribution >= 4 is 34.5 Å². The molecular weight excluding hydrogens is 579 g/mol. The van der Waals surface area contributed by atoms with Crippen LogP contribution >= 0.6 is 22.6 Å². The molecule has 3 aromatic rings. The molecule has 0 aliphatic heterocycles. The largest absolute Gasteiger partial charge is 0.481 e. The van der Waals surface area contributed by atoms with Crippen molar-refractivity contribution in [2.75, 3.05) is 0 Å². The van der Waals surface area contributed by atoms with Crippen LogP contribution in [0.15, 0.2) is 42.7 Å². The minimum absolute atomic E-state index is 0.0495. The molecule has 0 saturated carbocycles. The number of benzene rings is 2. The number of hydrogen-bond donors (Lipinski definition) is 2. The van der Waals surface area contributed by atoms with Crippen LogP contribution < -0.4 is 0 Å². The van der Waals surface area contributed by atoms with Gasteiger partial charge in [-0.3, -0.25) is 14.6 Å². The van der Waals surface area contributed by atoms with E-state index in [0.29, 0.717) is 14.7 Å². The summed E-state index contributed by atoms with van der Waals surface area (Å²) in [5.41, 5.74) is 5.27. The lowest BCUT2D eigenvalue weighted by atomic mass is 9.87. The van der Waals surface area contributed by atoms with Crippen molar-refractivity contribution in [2.24, 2.45) is 0 Å². The number of nitrogens with zero attached hydrogens (tertiary/aromatic N) is 1. The topological polar surface area (TPSA) is 87.5 Å². The average Bonchev–Trinajstić information content (AvgIpc) is 2.76. The number of aliphatic carboxylic acids is 2. The van der Waals surface area contributed by atoms with Crippen molar-refractivity contribution in [2.45, 2.75) is 59.3 Å². The van der Waals surface area contributed by atoms with Crippen LogP contribution in [0.1, 0.15) is 67.3 Å². The lowest BCUT2D eigenvalue weighted by Crippen LogP contribution is -2.08. The minimum atomic E-state index is -0.920. The van der Waals surface area contributed by atoms with E-state index < -0.39 is 11.9 Å². The van der Waals surface area contributed by atoms with E-state index in [4.69, 9.17) is 5.11 Å². The number of carbonyl (C=O) groups is 2. The van der Waals surface area contributed by atoms with E-state index in [0.717, 1.165) is 27.8 Å². The lowest BCUT2D eigenvalue weighted by molar-refractivity contribution is -0.137. The molecule has 1 aromatic heterocycles. The highest BCUT2D eigenvalue weighted by Crippen LogP contribution is 2.33. The highest BCUT2D eigenvalue weighted by atomic mass is 127. The molecule has 0 radical (unpaired) electrons. The fourth-order valence-electron chi connectivity index (χ4n) is 4.01. The third-order valence-electron chi connectivity index (χ3n) is 5.65. The van der Waals surface area contributed by atoms with Gasteiger partial charge >= 0.3 is 11.9 Å². The Hall–Kier alpha value is -2.88. The maximum atomic E-state index is 14.0. The van der Waals surface area contributed by atoms with Gasteiger partial charge in [0.15, 0.2) is 0 Å². The molecule has 5 nitrogen and oxygen atoms in total. The number of carboxylic acids is 2. The van der Waals surface area contributed by atoms with Gasteiger partial charge in [0.05, 0.1) is 12.8 Å². The number of hydrogen-bond acceptors (Lipinski definition) is 3. The second kappa shape index (κ2) is 12.9. The fourth-order valence-corrected chi connectivity index (χ4v) is 4.81. The van der Waals surface area contributed by atoms with Crippen LogP contribution in [0.4, 0.5) is 8.78 Å². The van der Waals surface area contributed by atoms with E-state index >= 15 is 0 Å². The fraction of sp³-hybridized carbons (Fsp3) is 0.321. The van der Waals surface area contributed by atoms with Gasteiger partial charge < -0.3 is 10.2 Å². The Morgan fingerprint density at radius 1 is 0.861 bits per heavy atom. The summed E-state index contributed by atoms with van der Waals surface area (Å²) >= 11 is 1.97. The summed E-state index contributed by atoms with van der Waals surface area (Å²) in [6, 6.07) is 7.42. The molecule has 1 heterocycles. The van der Waals surface area contributed by atoms with Gasteiger partial charge in [-0.25, -0.2) is 8.78 Å². The molecule has 2 aromatic carbocycles.